The number of para-hydroxylation sites is 1. The number of pyridine rings is 1. The number of aromatic nitrogens is 1. The lowest BCUT2D eigenvalue weighted by atomic mass is 9.97. The van der Waals surface area contributed by atoms with Crippen molar-refractivity contribution >= 4 is 10.9 Å². The number of nitrogens with zero attached hydrogens (tertiary/aromatic N) is 1. The lowest BCUT2D eigenvalue weighted by molar-refractivity contribution is 0.222. The van der Waals surface area contributed by atoms with Gasteiger partial charge in [0.05, 0.1) is 5.52 Å². The minimum Gasteiger partial charge on any atom is -0.384 e. The van der Waals surface area contributed by atoms with E-state index in [1.807, 2.05) is 42.5 Å². The number of aliphatic hydroxyl groups excluding tert-OH is 1. The van der Waals surface area contributed by atoms with Crippen molar-refractivity contribution in [3.63, 3.8) is 0 Å². The lowest BCUT2D eigenvalue weighted by Gasteiger charge is -2.14. The van der Waals surface area contributed by atoms with Gasteiger partial charge in [-0.3, -0.25) is 4.98 Å². The summed E-state index contributed by atoms with van der Waals surface area (Å²) < 4.78 is 0. The van der Waals surface area contributed by atoms with Crippen LogP contribution in [0, 0.1) is 0 Å². The van der Waals surface area contributed by atoms with Crippen LogP contribution in [0.25, 0.3) is 10.9 Å². The van der Waals surface area contributed by atoms with Crippen molar-refractivity contribution in [3.05, 3.63) is 77.5 Å². The Morgan fingerprint density at radius 3 is 2.50 bits per heavy atom. The van der Waals surface area contributed by atoms with Crippen molar-refractivity contribution in [2.24, 2.45) is 0 Å². The normalized spacial score (nSPS) is 12.5. The summed E-state index contributed by atoms with van der Waals surface area (Å²) in [5, 5.41) is 11.6. The number of aliphatic hydroxyl groups is 1. The van der Waals surface area contributed by atoms with Crippen molar-refractivity contribution in [3.8, 4) is 0 Å². The Balaban J connectivity index is 2.05. The van der Waals surface area contributed by atoms with E-state index in [4.69, 9.17) is 0 Å². The van der Waals surface area contributed by atoms with Crippen molar-refractivity contribution in [1.29, 1.82) is 0 Å². The Bertz CT molecular complexity index is 714. The Morgan fingerprint density at radius 2 is 1.75 bits per heavy atom. The first kappa shape index (κ1) is 12.8. The molecule has 1 N–H and O–H groups in total. The van der Waals surface area contributed by atoms with Gasteiger partial charge in [0.2, 0.25) is 0 Å². The number of benzene rings is 2. The molecule has 20 heavy (non-hydrogen) atoms. The van der Waals surface area contributed by atoms with Crippen LogP contribution in [-0.2, 0) is 6.42 Å². The molecule has 1 aromatic heterocycles. The number of hydrogen-bond acceptors (Lipinski definition) is 2. The summed E-state index contributed by atoms with van der Waals surface area (Å²) in [7, 11) is 0. The number of fused-ring (bicyclic) bond motifs is 1. The molecule has 0 bridgehead atoms. The van der Waals surface area contributed by atoms with Crippen LogP contribution in [0.2, 0.25) is 0 Å². The molecule has 100 valence electrons. The number of aryl methyl sites for hydroxylation is 1. The first-order chi connectivity index (χ1) is 9.79. The average Bonchev–Trinajstić information content (AvgIpc) is 2.54. The molecule has 0 saturated heterocycles. The van der Waals surface area contributed by atoms with Crippen LogP contribution >= 0.6 is 0 Å². The maximum atomic E-state index is 10.6. The third kappa shape index (κ3) is 2.30. The molecule has 1 heterocycles. The largest absolute Gasteiger partial charge is 0.384 e. The van der Waals surface area contributed by atoms with E-state index in [-0.39, 0.29) is 0 Å². The number of hydrogen-bond donors (Lipinski definition) is 1. The van der Waals surface area contributed by atoms with E-state index in [1.165, 1.54) is 5.56 Å². The van der Waals surface area contributed by atoms with Crippen LogP contribution < -0.4 is 0 Å². The molecule has 2 heteroatoms. The molecule has 1 unspecified atom stereocenters. The van der Waals surface area contributed by atoms with E-state index in [9.17, 15) is 5.11 Å². The van der Waals surface area contributed by atoms with E-state index in [1.54, 1.807) is 6.20 Å². The van der Waals surface area contributed by atoms with Crippen LogP contribution in [-0.4, -0.2) is 10.1 Å². The van der Waals surface area contributed by atoms with Crippen LogP contribution in [0.5, 0.6) is 0 Å². The predicted molar refractivity (Wildman–Crippen MR) is 81.6 cm³/mol. The minimum absolute atomic E-state index is 0.617. The highest BCUT2D eigenvalue weighted by molar-refractivity contribution is 5.82. The molecule has 0 aliphatic rings. The van der Waals surface area contributed by atoms with Gasteiger partial charge in [-0.05, 0) is 35.2 Å². The smallest absolute Gasteiger partial charge is 0.105 e. The fourth-order valence-electron chi connectivity index (χ4n) is 2.47. The van der Waals surface area contributed by atoms with Gasteiger partial charge in [0.25, 0.3) is 0 Å². The third-order valence-electron chi connectivity index (χ3n) is 3.68. The topological polar surface area (TPSA) is 33.1 Å². The summed E-state index contributed by atoms with van der Waals surface area (Å²) in [6.45, 7) is 2.13. The second-order valence-corrected chi connectivity index (χ2v) is 4.91. The fraction of sp³-hybridized carbons (Fsp3) is 0.167. The zero-order chi connectivity index (χ0) is 13.9. The van der Waals surface area contributed by atoms with Gasteiger partial charge < -0.3 is 5.11 Å². The zero-order valence-corrected chi connectivity index (χ0v) is 11.5. The van der Waals surface area contributed by atoms with Crippen LogP contribution in [0.4, 0.5) is 0 Å². The molecule has 0 aliphatic heterocycles. The second-order valence-electron chi connectivity index (χ2n) is 4.91. The molecular weight excluding hydrogens is 246 g/mol. The third-order valence-corrected chi connectivity index (χ3v) is 3.68. The molecule has 2 aromatic carbocycles. The summed E-state index contributed by atoms with van der Waals surface area (Å²) in [6, 6.07) is 17.9. The van der Waals surface area contributed by atoms with Gasteiger partial charge in [-0.25, -0.2) is 0 Å². The highest BCUT2D eigenvalue weighted by atomic mass is 16.3. The summed E-state index contributed by atoms with van der Waals surface area (Å²) in [5.41, 5.74) is 4.01. The summed E-state index contributed by atoms with van der Waals surface area (Å²) in [6.07, 6.45) is 2.14. The Kier molecular flexibility index (Phi) is 3.48. The molecule has 3 rings (SSSR count). The molecule has 1 atom stereocenters. The van der Waals surface area contributed by atoms with Crippen molar-refractivity contribution in [2.75, 3.05) is 0 Å². The molecule has 0 spiro atoms. The van der Waals surface area contributed by atoms with Crippen molar-refractivity contribution < 1.29 is 5.11 Å². The molecule has 0 aliphatic carbocycles. The quantitative estimate of drug-likeness (QED) is 0.778. The van der Waals surface area contributed by atoms with Gasteiger partial charge in [0.1, 0.15) is 6.10 Å². The van der Waals surface area contributed by atoms with Gasteiger partial charge in [-0.1, -0.05) is 49.4 Å². The summed E-state index contributed by atoms with van der Waals surface area (Å²) in [4.78, 5) is 4.33. The Hall–Kier alpha value is -2.19. The van der Waals surface area contributed by atoms with Crippen molar-refractivity contribution in [2.45, 2.75) is 19.4 Å². The van der Waals surface area contributed by atoms with E-state index < -0.39 is 6.10 Å². The fourth-order valence-corrected chi connectivity index (χ4v) is 2.47. The minimum atomic E-state index is -0.617. The maximum absolute atomic E-state index is 10.6. The van der Waals surface area contributed by atoms with E-state index >= 15 is 0 Å². The van der Waals surface area contributed by atoms with Gasteiger partial charge in [-0.15, -0.1) is 0 Å². The van der Waals surface area contributed by atoms with Gasteiger partial charge >= 0.3 is 0 Å². The van der Waals surface area contributed by atoms with E-state index in [0.29, 0.717) is 0 Å². The van der Waals surface area contributed by atoms with Gasteiger partial charge in [0.15, 0.2) is 0 Å². The monoisotopic (exact) mass is 263 g/mol. The number of rotatable bonds is 3. The Morgan fingerprint density at radius 1 is 1.00 bits per heavy atom. The molecule has 0 amide bonds. The predicted octanol–water partition coefficient (Wildman–Crippen LogP) is 3.88. The molecule has 2 nitrogen and oxygen atoms in total. The SMILES string of the molecule is CCc1ccc(C(O)c2ccnc3ccccc23)cc1. The van der Waals surface area contributed by atoms with E-state index in [2.05, 4.69) is 24.0 Å². The maximum Gasteiger partial charge on any atom is 0.105 e. The van der Waals surface area contributed by atoms with E-state index in [0.717, 1.165) is 28.5 Å². The average molecular weight is 263 g/mol. The molecule has 0 fully saturated rings. The van der Waals surface area contributed by atoms with Crippen LogP contribution in [0.15, 0.2) is 60.8 Å². The van der Waals surface area contributed by atoms with Gasteiger partial charge in [0, 0.05) is 11.6 Å². The van der Waals surface area contributed by atoms with Gasteiger partial charge in [-0.2, -0.15) is 0 Å². The highest BCUT2D eigenvalue weighted by Crippen LogP contribution is 2.27. The van der Waals surface area contributed by atoms with Crippen LogP contribution in [0.1, 0.15) is 29.7 Å². The molecule has 0 radical (unpaired) electrons. The second kappa shape index (κ2) is 5.43. The molecule has 3 aromatic rings. The Labute approximate surface area is 118 Å². The first-order valence-electron chi connectivity index (χ1n) is 6.90. The van der Waals surface area contributed by atoms with Crippen molar-refractivity contribution in [1.82, 2.24) is 4.98 Å². The zero-order valence-electron chi connectivity index (χ0n) is 11.5. The summed E-state index contributed by atoms with van der Waals surface area (Å²) >= 11 is 0. The molecule has 0 saturated carbocycles. The highest BCUT2D eigenvalue weighted by Gasteiger charge is 2.13. The first-order valence-corrected chi connectivity index (χ1v) is 6.90. The molecular formula is C18H17NO. The summed E-state index contributed by atoms with van der Waals surface area (Å²) in [5.74, 6) is 0. The standard InChI is InChI=1S/C18H17NO/c1-2-13-7-9-14(10-8-13)18(20)16-11-12-19-17-6-4-3-5-15(16)17/h3-12,18,20H,2H2,1H3. The van der Waals surface area contributed by atoms with Crippen LogP contribution in [0.3, 0.4) is 0 Å². The lowest BCUT2D eigenvalue weighted by Crippen LogP contribution is -2.01.